The average molecular weight is 836 g/mol. The number of alkyl halides is 3. The first kappa shape index (κ1) is 39.1. The highest BCUT2D eigenvalue weighted by Gasteiger charge is 2.40. The van der Waals surface area contributed by atoms with E-state index >= 15 is 13.2 Å². The number of nitrogens with zero attached hydrogens (tertiary/aromatic N) is 9. The maximum absolute atomic E-state index is 16.6. The van der Waals surface area contributed by atoms with E-state index in [9.17, 15) is 10.5 Å². The van der Waals surface area contributed by atoms with Gasteiger partial charge in [-0.2, -0.15) is 23.7 Å². The lowest BCUT2D eigenvalue weighted by atomic mass is 10.00. The Morgan fingerprint density at radius 1 is 0.500 bits per heavy atom. The van der Waals surface area contributed by atoms with Crippen LogP contribution in [0.5, 0.6) is 0 Å². The second-order valence-electron chi connectivity index (χ2n) is 15.3. The van der Waals surface area contributed by atoms with Crippen LogP contribution in [0.3, 0.4) is 0 Å². The zero-order valence-corrected chi connectivity index (χ0v) is 33.9. The minimum Gasteiger partial charge on any atom is -0.309 e. The van der Waals surface area contributed by atoms with E-state index in [0.29, 0.717) is 83.1 Å². The fraction of sp³-hybridized carbons (Fsp3) is 0.0577. The smallest absolute Gasteiger partial charge is 0.309 e. The fourth-order valence-corrected chi connectivity index (χ4v) is 8.76. The van der Waals surface area contributed by atoms with E-state index in [1.807, 2.05) is 48.5 Å². The number of halogens is 3. The molecule has 0 saturated carbocycles. The van der Waals surface area contributed by atoms with Crippen LogP contribution in [-0.4, -0.2) is 24.1 Å². The molecule has 64 heavy (non-hydrogen) atoms. The SMILES string of the molecule is [C-]#[N+]c1cc(C#N)cc(-c2ccc3c4ccccc4n(-c4cc(-c5nc(C)nc(C)n5)cc(-n5c6ccccc6c6ccc(-c7cc(C#N)cc([N+]#[C-])c7)cc65)c4C(F)(F)F)c3c2)c1. The maximum Gasteiger partial charge on any atom is 0.420 e. The quantitative estimate of drug-likeness (QED) is 0.161. The summed E-state index contributed by atoms with van der Waals surface area (Å²) in [5.74, 6) is 0.972. The van der Waals surface area contributed by atoms with Crippen molar-refractivity contribution in [2.24, 2.45) is 0 Å². The third kappa shape index (κ3) is 6.43. The summed E-state index contributed by atoms with van der Waals surface area (Å²) in [5.41, 5.74) is 4.36. The molecule has 0 bridgehead atoms. The Kier molecular flexibility index (Phi) is 9.04. The molecule has 0 N–H and O–H groups in total. The van der Waals surface area contributed by atoms with Crippen molar-refractivity contribution in [3.63, 3.8) is 0 Å². The number of hydrogen-bond acceptors (Lipinski definition) is 5. The number of fused-ring (bicyclic) bond motifs is 6. The molecule has 0 aliphatic heterocycles. The summed E-state index contributed by atoms with van der Waals surface area (Å²) in [6.07, 6.45) is -4.95. The van der Waals surface area contributed by atoms with E-state index in [2.05, 4.69) is 36.8 Å². The van der Waals surface area contributed by atoms with Crippen molar-refractivity contribution in [2.75, 3.05) is 0 Å². The van der Waals surface area contributed by atoms with Gasteiger partial charge in [0, 0.05) is 38.2 Å². The molecule has 10 aromatic rings. The standard InChI is InChI=1S/C52H28F3N9/c1-29-60-30(2)62-51(61-29)37-25-48(63-44-11-7-5-9-40(44)42-15-13-33(23-46(42)63)35-17-31(27-56)19-38(21-35)58-3)50(52(53,54)55)49(26-37)64-45-12-8-6-10-41(45)43-16-14-34(24-47(43)64)36-18-32(28-57)20-39(22-36)59-4/h5-26H,1-2H3. The third-order valence-electron chi connectivity index (χ3n) is 11.3. The minimum absolute atomic E-state index is 0.183. The topological polar surface area (TPSA) is 105 Å². The van der Waals surface area contributed by atoms with Gasteiger partial charge in [-0.1, -0.05) is 60.7 Å². The molecule has 0 radical (unpaired) electrons. The Labute approximate surface area is 363 Å². The highest BCUT2D eigenvalue weighted by Crippen LogP contribution is 2.47. The molecule has 3 heterocycles. The van der Waals surface area contributed by atoms with Crippen LogP contribution in [0.1, 0.15) is 28.3 Å². The van der Waals surface area contributed by atoms with Crippen molar-refractivity contribution in [2.45, 2.75) is 20.0 Å². The van der Waals surface area contributed by atoms with Gasteiger partial charge in [0.15, 0.2) is 17.2 Å². The number of aryl methyl sites for hydroxylation is 2. The van der Waals surface area contributed by atoms with Crippen LogP contribution < -0.4 is 0 Å². The molecule has 0 spiro atoms. The molecular weight excluding hydrogens is 808 g/mol. The van der Waals surface area contributed by atoms with E-state index in [1.54, 1.807) is 83.6 Å². The van der Waals surface area contributed by atoms with Gasteiger partial charge in [0.1, 0.15) is 17.2 Å². The first-order valence-electron chi connectivity index (χ1n) is 19.8. The second-order valence-corrected chi connectivity index (χ2v) is 15.3. The van der Waals surface area contributed by atoms with Crippen LogP contribution in [-0.2, 0) is 6.18 Å². The zero-order chi connectivity index (χ0) is 44.4. The van der Waals surface area contributed by atoms with E-state index < -0.39 is 11.7 Å². The first-order chi connectivity index (χ1) is 31.0. The summed E-state index contributed by atoms with van der Waals surface area (Å²) in [7, 11) is 0. The third-order valence-corrected chi connectivity index (χ3v) is 11.3. The summed E-state index contributed by atoms with van der Waals surface area (Å²) in [5, 5.41) is 22.4. The Morgan fingerprint density at radius 2 is 0.938 bits per heavy atom. The Balaban J connectivity index is 1.36. The van der Waals surface area contributed by atoms with Gasteiger partial charge >= 0.3 is 6.18 Å². The lowest BCUT2D eigenvalue weighted by Gasteiger charge is -2.23. The molecule has 0 aliphatic carbocycles. The van der Waals surface area contributed by atoms with E-state index in [-0.39, 0.29) is 39.7 Å². The lowest BCUT2D eigenvalue weighted by molar-refractivity contribution is -0.137. The average Bonchev–Trinajstić information content (AvgIpc) is 3.82. The fourth-order valence-electron chi connectivity index (χ4n) is 8.76. The summed E-state index contributed by atoms with van der Waals surface area (Å²) >= 11 is 0. The molecule has 3 aromatic heterocycles. The first-order valence-corrected chi connectivity index (χ1v) is 19.8. The predicted octanol–water partition coefficient (Wildman–Crippen LogP) is 13.5. The number of benzene rings is 7. The Morgan fingerprint density at radius 3 is 1.36 bits per heavy atom. The highest BCUT2D eigenvalue weighted by atomic mass is 19.4. The molecule has 12 heteroatoms. The van der Waals surface area contributed by atoms with Crippen LogP contribution in [0.25, 0.3) is 98.3 Å². The summed E-state index contributed by atoms with van der Waals surface area (Å²) in [4.78, 5) is 20.8. The lowest BCUT2D eigenvalue weighted by Crippen LogP contribution is -2.16. The van der Waals surface area contributed by atoms with Crippen molar-refractivity contribution in [3.05, 3.63) is 185 Å². The highest BCUT2D eigenvalue weighted by molar-refractivity contribution is 6.12. The van der Waals surface area contributed by atoms with Gasteiger partial charge in [-0.25, -0.2) is 24.6 Å². The normalized spacial score (nSPS) is 11.5. The van der Waals surface area contributed by atoms with Crippen molar-refractivity contribution in [1.82, 2.24) is 24.1 Å². The largest absolute Gasteiger partial charge is 0.420 e. The van der Waals surface area contributed by atoms with Gasteiger partial charge in [-0.3, -0.25) is 0 Å². The Bertz CT molecular complexity index is 3510. The summed E-state index contributed by atoms with van der Waals surface area (Å²) in [6.45, 7) is 18.7. The van der Waals surface area contributed by atoms with Gasteiger partial charge in [0.2, 0.25) is 0 Å². The molecule has 302 valence electrons. The van der Waals surface area contributed by atoms with Gasteiger partial charge in [0.25, 0.3) is 0 Å². The maximum atomic E-state index is 16.6. The molecular formula is C52H28F3N9. The number of nitriles is 2. The number of rotatable bonds is 5. The monoisotopic (exact) mass is 835 g/mol. The Hall–Kier alpha value is -9.10. The predicted molar refractivity (Wildman–Crippen MR) is 241 cm³/mol. The molecule has 7 aromatic carbocycles. The minimum atomic E-state index is -4.95. The van der Waals surface area contributed by atoms with Crippen molar-refractivity contribution >= 4 is 55.0 Å². The molecule has 0 fully saturated rings. The summed E-state index contributed by atoms with van der Waals surface area (Å²) < 4.78 is 53.0. The van der Waals surface area contributed by atoms with Crippen LogP contribution in [0.4, 0.5) is 24.5 Å². The van der Waals surface area contributed by atoms with Gasteiger partial charge in [-0.15, -0.1) is 0 Å². The van der Waals surface area contributed by atoms with Crippen molar-refractivity contribution < 1.29 is 13.2 Å². The van der Waals surface area contributed by atoms with Crippen LogP contribution in [0.15, 0.2) is 133 Å². The van der Waals surface area contributed by atoms with Crippen LogP contribution in [0, 0.1) is 49.7 Å². The van der Waals surface area contributed by atoms with Gasteiger partial charge < -0.3 is 9.13 Å². The number of hydrogen-bond donors (Lipinski definition) is 0. The van der Waals surface area contributed by atoms with Crippen LogP contribution >= 0.6 is 0 Å². The molecule has 10 rings (SSSR count). The molecule has 0 saturated heterocycles. The van der Waals surface area contributed by atoms with Gasteiger partial charge in [-0.05, 0) is 109 Å². The summed E-state index contributed by atoms with van der Waals surface area (Å²) in [6, 6.07) is 42.3. The van der Waals surface area contributed by atoms with E-state index in [4.69, 9.17) is 13.1 Å². The molecule has 9 nitrogen and oxygen atoms in total. The number of aromatic nitrogens is 5. The van der Waals surface area contributed by atoms with E-state index in [1.165, 1.54) is 24.3 Å². The van der Waals surface area contributed by atoms with Gasteiger partial charge in [0.05, 0.1) is 58.7 Å². The molecule has 0 atom stereocenters. The molecule has 0 unspecified atom stereocenters. The van der Waals surface area contributed by atoms with Crippen molar-refractivity contribution in [1.29, 1.82) is 10.5 Å². The van der Waals surface area contributed by atoms with Crippen molar-refractivity contribution in [3.8, 4) is 57.2 Å². The zero-order valence-electron chi connectivity index (χ0n) is 33.9. The second kappa shape index (κ2) is 14.8. The molecule has 0 aliphatic rings. The molecule has 0 amide bonds. The number of para-hydroxylation sites is 2. The van der Waals surface area contributed by atoms with E-state index in [0.717, 1.165) is 0 Å². The van der Waals surface area contributed by atoms with Crippen LogP contribution in [0.2, 0.25) is 0 Å².